The molecule has 0 aromatic heterocycles. The molecule has 2 aromatic carbocycles. The van der Waals surface area contributed by atoms with E-state index in [1.807, 2.05) is 7.11 Å². The molecule has 2 heteroatoms. The van der Waals surface area contributed by atoms with Crippen LogP contribution in [0.1, 0.15) is 17.0 Å². The van der Waals surface area contributed by atoms with Crippen molar-refractivity contribution < 1.29 is 4.43 Å². The normalized spacial score (nSPS) is 11.4. The van der Waals surface area contributed by atoms with Gasteiger partial charge in [-0.15, -0.1) is 0 Å². The minimum atomic E-state index is -0.413. The topological polar surface area (TPSA) is 9.23 Å². The lowest BCUT2D eigenvalue weighted by Gasteiger charge is -2.17. The molecular weight excluding hydrogens is 224 g/mol. The van der Waals surface area contributed by atoms with E-state index in [0.717, 1.165) is 6.04 Å². The first-order valence-corrected chi connectivity index (χ1v) is 7.58. The van der Waals surface area contributed by atoms with Gasteiger partial charge in [-0.25, -0.2) is 0 Å². The van der Waals surface area contributed by atoms with Gasteiger partial charge in [0.15, 0.2) is 9.76 Å². The molecule has 0 heterocycles. The van der Waals surface area contributed by atoms with E-state index in [-0.39, 0.29) is 0 Å². The fourth-order valence-electron chi connectivity index (χ4n) is 2.13. The molecule has 88 valence electrons. The molecule has 17 heavy (non-hydrogen) atoms. The van der Waals surface area contributed by atoms with Crippen LogP contribution in [0.5, 0.6) is 0 Å². The van der Waals surface area contributed by atoms with Crippen LogP contribution in [0, 0.1) is 0 Å². The van der Waals surface area contributed by atoms with Gasteiger partial charge in [0.1, 0.15) is 0 Å². The van der Waals surface area contributed by atoms with Gasteiger partial charge in [-0.1, -0.05) is 60.7 Å². The Hall–Kier alpha value is -1.38. The van der Waals surface area contributed by atoms with Gasteiger partial charge < -0.3 is 4.43 Å². The quantitative estimate of drug-likeness (QED) is 0.733. The summed E-state index contributed by atoms with van der Waals surface area (Å²) in [5, 5.41) is 0. The van der Waals surface area contributed by atoms with E-state index in [1.165, 1.54) is 11.1 Å². The summed E-state index contributed by atoms with van der Waals surface area (Å²) in [4.78, 5) is 0. The Labute approximate surface area is 105 Å². The summed E-state index contributed by atoms with van der Waals surface area (Å²) in [5.74, 6) is 0.490. The molecule has 0 aliphatic carbocycles. The molecule has 0 unspecified atom stereocenters. The first-order chi connectivity index (χ1) is 8.42. The molecule has 0 atom stereocenters. The van der Waals surface area contributed by atoms with Gasteiger partial charge in [0.05, 0.1) is 0 Å². The van der Waals surface area contributed by atoms with E-state index in [2.05, 4.69) is 60.7 Å². The molecule has 0 aliphatic heterocycles. The predicted octanol–water partition coefficient (Wildman–Crippen LogP) is 2.97. The maximum Gasteiger partial charge on any atom is 0.161 e. The highest BCUT2D eigenvalue weighted by Gasteiger charge is 2.13. The summed E-state index contributed by atoms with van der Waals surface area (Å²) in [7, 11) is 1.41. The van der Waals surface area contributed by atoms with Crippen molar-refractivity contribution in [2.24, 2.45) is 0 Å². The highest BCUT2D eigenvalue weighted by atomic mass is 28.2. The van der Waals surface area contributed by atoms with Crippen molar-refractivity contribution >= 4 is 9.76 Å². The SMILES string of the molecule is CO[SiH2]CC(c1ccccc1)c1ccccc1. The van der Waals surface area contributed by atoms with Gasteiger partial charge in [0.25, 0.3) is 0 Å². The lowest BCUT2D eigenvalue weighted by molar-refractivity contribution is 0.439. The minimum Gasteiger partial charge on any atom is -0.427 e. The van der Waals surface area contributed by atoms with E-state index in [4.69, 9.17) is 4.43 Å². The summed E-state index contributed by atoms with van der Waals surface area (Å²) in [5.41, 5.74) is 2.78. The van der Waals surface area contributed by atoms with Gasteiger partial charge >= 0.3 is 0 Å². The van der Waals surface area contributed by atoms with Crippen molar-refractivity contribution in [3.05, 3.63) is 71.8 Å². The smallest absolute Gasteiger partial charge is 0.161 e. The van der Waals surface area contributed by atoms with E-state index in [0.29, 0.717) is 5.92 Å². The third-order valence-electron chi connectivity index (χ3n) is 3.01. The molecular formula is C15H18OSi. The minimum absolute atomic E-state index is 0.413. The number of hydrogen-bond acceptors (Lipinski definition) is 1. The van der Waals surface area contributed by atoms with Gasteiger partial charge in [-0.2, -0.15) is 0 Å². The number of benzene rings is 2. The second-order valence-corrected chi connectivity index (χ2v) is 5.72. The average molecular weight is 242 g/mol. The molecule has 0 spiro atoms. The summed E-state index contributed by atoms with van der Waals surface area (Å²) in [6.45, 7) is 0. The van der Waals surface area contributed by atoms with Crippen LogP contribution in [0.15, 0.2) is 60.7 Å². The summed E-state index contributed by atoms with van der Waals surface area (Å²) in [6.07, 6.45) is 0. The van der Waals surface area contributed by atoms with Crippen LogP contribution in [0.2, 0.25) is 6.04 Å². The molecule has 0 bridgehead atoms. The first kappa shape index (κ1) is 12.1. The second-order valence-electron chi connectivity index (χ2n) is 4.16. The molecule has 2 rings (SSSR count). The van der Waals surface area contributed by atoms with Crippen LogP contribution in [0.3, 0.4) is 0 Å². The zero-order chi connectivity index (χ0) is 11.9. The molecule has 2 aromatic rings. The summed E-state index contributed by atoms with van der Waals surface area (Å²) in [6, 6.07) is 22.6. The van der Waals surface area contributed by atoms with Crippen molar-refractivity contribution in [3.8, 4) is 0 Å². The van der Waals surface area contributed by atoms with Gasteiger partial charge in [0.2, 0.25) is 0 Å². The van der Waals surface area contributed by atoms with Crippen LogP contribution >= 0.6 is 0 Å². The largest absolute Gasteiger partial charge is 0.427 e. The van der Waals surface area contributed by atoms with E-state index < -0.39 is 9.76 Å². The van der Waals surface area contributed by atoms with Crippen molar-refractivity contribution in [1.29, 1.82) is 0 Å². The second kappa shape index (κ2) is 6.38. The van der Waals surface area contributed by atoms with Crippen LogP contribution in [0.4, 0.5) is 0 Å². The van der Waals surface area contributed by atoms with E-state index in [1.54, 1.807) is 0 Å². The Bertz CT molecular complexity index is 388. The Morgan fingerprint density at radius 3 is 1.76 bits per heavy atom. The third-order valence-corrected chi connectivity index (χ3v) is 4.24. The number of rotatable bonds is 5. The standard InChI is InChI=1S/C15H18OSi/c1-16-17-12-15(13-8-4-2-5-9-13)14-10-6-3-7-11-14/h2-11,15H,12,17H2,1H3. The molecule has 0 saturated carbocycles. The monoisotopic (exact) mass is 242 g/mol. The maximum absolute atomic E-state index is 5.35. The van der Waals surface area contributed by atoms with Gasteiger partial charge in [0, 0.05) is 13.0 Å². The number of hydrogen-bond donors (Lipinski definition) is 0. The lowest BCUT2D eigenvalue weighted by atomic mass is 9.93. The molecule has 0 fully saturated rings. The Morgan fingerprint density at radius 1 is 0.882 bits per heavy atom. The lowest BCUT2D eigenvalue weighted by Crippen LogP contribution is -2.05. The van der Waals surface area contributed by atoms with Crippen LogP contribution in [0.25, 0.3) is 0 Å². The van der Waals surface area contributed by atoms with Crippen LogP contribution in [-0.2, 0) is 4.43 Å². The highest BCUT2D eigenvalue weighted by molar-refractivity contribution is 6.27. The first-order valence-electron chi connectivity index (χ1n) is 6.00. The Morgan fingerprint density at radius 2 is 1.35 bits per heavy atom. The van der Waals surface area contributed by atoms with Gasteiger partial charge in [-0.05, 0) is 17.2 Å². The van der Waals surface area contributed by atoms with Crippen LogP contribution in [-0.4, -0.2) is 16.9 Å². The Balaban J connectivity index is 2.26. The summed E-state index contributed by atoms with van der Waals surface area (Å²) >= 11 is 0. The van der Waals surface area contributed by atoms with Crippen molar-refractivity contribution in [2.45, 2.75) is 12.0 Å². The molecule has 0 aliphatic rings. The summed E-state index contributed by atoms with van der Waals surface area (Å²) < 4.78 is 5.35. The molecule has 0 amide bonds. The predicted molar refractivity (Wildman–Crippen MR) is 75.1 cm³/mol. The molecule has 0 radical (unpaired) electrons. The van der Waals surface area contributed by atoms with Crippen molar-refractivity contribution in [1.82, 2.24) is 0 Å². The van der Waals surface area contributed by atoms with Gasteiger partial charge in [-0.3, -0.25) is 0 Å². The van der Waals surface area contributed by atoms with Crippen molar-refractivity contribution in [3.63, 3.8) is 0 Å². The third kappa shape index (κ3) is 3.28. The van der Waals surface area contributed by atoms with E-state index >= 15 is 0 Å². The highest BCUT2D eigenvalue weighted by Crippen LogP contribution is 2.27. The fourth-order valence-corrected chi connectivity index (χ4v) is 3.27. The zero-order valence-electron chi connectivity index (χ0n) is 10.2. The fraction of sp³-hybridized carbons (Fsp3) is 0.200. The molecule has 0 N–H and O–H groups in total. The zero-order valence-corrected chi connectivity index (χ0v) is 11.6. The maximum atomic E-state index is 5.35. The molecule has 1 nitrogen and oxygen atoms in total. The van der Waals surface area contributed by atoms with Crippen molar-refractivity contribution in [2.75, 3.05) is 7.11 Å². The molecule has 0 saturated heterocycles. The van der Waals surface area contributed by atoms with Crippen LogP contribution < -0.4 is 0 Å². The van der Waals surface area contributed by atoms with E-state index in [9.17, 15) is 0 Å². The Kier molecular flexibility index (Phi) is 4.53. The average Bonchev–Trinajstić information content (AvgIpc) is 2.42.